The van der Waals surface area contributed by atoms with Gasteiger partial charge in [0.15, 0.2) is 6.10 Å². The van der Waals surface area contributed by atoms with Crippen LogP contribution in [0.3, 0.4) is 0 Å². The summed E-state index contributed by atoms with van der Waals surface area (Å²) >= 11 is 0. The van der Waals surface area contributed by atoms with Crippen LogP contribution < -0.4 is 0 Å². The van der Waals surface area contributed by atoms with Crippen LogP contribution in [-0.2, 0) is 28.6 Å². The van der Waals surface area contributed by atoms with Gasteiger partial charge in [-0.15, -0.1) is 0 Å². The molecule has 0 bridgehead atoms. The van der Waals surface area contributed by atoms with Crippen molar-refractivity contribution in [3.63, 3.8) is 0 Å². The molecule has 0 spiro atoms. The molecule has 0 aromatic carbocycles. The van der Waals surface area contributed by atoms with Gasteiger partial charge in [0.25, 0.3) is 0 Å². The van der Waals surface area contributed by atoms with Gasteiger partial charge in [0.05, 0.1) is 0 Å². The van der Waals surface area contributed by atoms with Crippen LogP contribution in [0.25, 0.3) is 0 Å². The number of ether oxygens (including phenoxy) is 3. The average molecular weight is 639 g/mol. The minimum atomic E-state index is -0.756. The van der Waals surface area contributed by atoms with Crippen molar-refractivity contribution in [2.24, 2.45) is 5.92 Å². The Kier molecular flexibility index (Phi) is 32.6. The summed E-state index contributed by atoms with van der Waals surface area (Å²) in [6.45, 7) is 8.81. The first-order valence-corrected chi connectivity index (χ1v) is 19.4. The summed E-state index contributed by atoms with van der Waals surface area (Å²) in [5, 5.41) is 0. The molecule has 6 nitrogen and oxygen atoms in total. The molecule has 0 aliphatic rings. The second-order valence-corrected chi connectivity index (χ2v) is 13.7. The first-order valence-electron chi connectivity index (χ1n) is 19.4. The molecule has 0 heterocycles. The van der Waals surface area contributed by atoms with Gasteiger partial charge in [-0.2, -0.15) is 0 Å². The number of hydrogen-bond donors (Lipinski definition) is 0. The summed E-state index contributed by atoms with van der Waals surface area (Å²) in [5.74, 6) is -0.119. The molecule has 266 valence electrons. The molecule has 0 aromatic heterocycles. The highest BCUT2D eigenvalue weighted by Crippen LogP contribution is 2.15. The van der Waals surface area contributed by atoms with Gasteiger partial charge >= 0.3 is 17.9 Å². The summed E-state index contributed by atoms with van der Waals surface area (Å²) in [6.07, 6.45) is 29.8. The molecule has 0 N–H and O–H groups in total. The van der Waals surface area contributed by atoms with Gasteiger partial charge in [-0.1, -0.05) is 169 Å². The number of unbranched alkanes of at least 4 members (excludes halogenated alkanes) is 21. The number of carbonyl (C=O) groups is 3. The molecule has 0 aliphatic carbocycles. The molecule has 0 aliphatic heterocycles. The normalized spacial score (nSPS) is 11.9. The fraction of sp³-hybridized carbons (Fsp3) is 0.923. The van der Waals surface area contributed by atoms with E-state index < -0.39 is 6.10 Å². The van der Waals surface area contributed by atoms with E-state index in [9.17, 15) is 14.4 Å². The molecule has 1 atom stereocenters. The fourth-order valence-electron chi connectivity index (χ4n) is 5.57. The Balaban J connectivity index is 4.26. The second-order valence-electron chi connectivity index (χ2n) is 13.7. The third-order valence-corrected chi connectivity index (χ3v) is 8.54. The van der Waals surface area contributed by atoms with E-state index in [4.69, 9.17) is 14.2 Å². The summed E-state index contributed by atoms with van der Waals surface area (Å²) in [5.41, 5.74) is 0. The van der Waals surface area contributed by atoms with Crippen molar-refractivity contribution in [1.82, 2.24) is 0 Å². The van der Waals surface area contributed by atoms with Crippen molar-refractivity contribution in [2.75, 3.05) is 13.2 Å². The van der Waals surface area contributed by atoms with Crippen molar-refractivity contribution >= 4 is 17.9 Å². The second kappa shape index (κ2) is 33.8. The first-order chi connectivity index (χ1) is 21.9. The Morgan fingerprint density at radius 3 is 1.09 bits per heavy atom. The molecule has 0 radical (unpaired) electrons. The fourth-order valence-corrected chi connectivity index (χ4v) is 5.57. The van der Waals surface area contributed by atoms with Gasteiger partial charge in [0.2, 0.25) is 0 Å². The molecule has 0 saturated heterocycles. The van der Waals surface area contributed by atoms with Crippen LogP contribution in [0, 0.1) is 5.92 Å². The molecule has 0 fully saturated rings. The minimum absolute atomic E-state index is 0.0673. The standard InChI is InChI=1S/C39H74O6/c1-5-7-9-11-12-13-14-15-16-17-18-24-28-32-39(42)45-36(33-43-37(40)30-26-21-10-8-6-2)34-44-38(41)31-27-23-20-19-22-25-29-35(3)4/h35-36H,5-34H2,1-4H3/t36-/m1/s1. The Morgan fingerprint density at radius 2 is 0.733 bits per heavy atom. The molecular formula is C39H74O6. The summed E-state index contributed by atoms with van der Waals surface area (Å²) in [7, 11) is 0. The monoisotopic (exact) mass is 639 g/mol. The zero-order chi connectivity index (χ0) is 33.2. The number of carbonyl (C=O) groups excluding carboxylic acids is 3. The van der Waals surface area contributed by atoms with E-state index in [2.05, 4.69) is 27.7 Å². The Bertz CT molecular complexity index is 676. The highest BCUT2D eigenvalue weighted by Gasteiger charge is 2.19. The molecule has 0 unspecified atom stereocenters. The van der Waals surface area contributed by atoms with Crippen LogP contribution in [-0.4, -0.2) is 37.2 Å². The Hall–Kier alpha value is -1.59. The zero-order valence-corrected chi connectivity index (χ0v) is 30.3. The third-order valence-electron chi connectivity index (χ3n) is 8.54. The number of esters is 3. The maximum absolute atomic E-state index is 12.6. The number of hydrogen-bond acceptors (Lipinski definition) is 6. The van der Waals surface area contributed by atoms with E-state index in [0.29, 0.717) is 19.3 Å². The van der Waals surface area contributed by atoms with Crippen molar-refractivity contribution in [1.29, 1.82) is 0 Å². The predicted octanol–water partition coefficient (Wildman–Crippen LogP) is 11.6. The predicted molar refractivity (Wildman–Crippen MR) is 187 cm³/mol. The maximum atomic E-state index is 12.6. The molecule has 0 aromatic rings. The van der Waals surface area contributed by atoms with Crippen LogP contribution in [0.1, 0.15) is 207 Å². The topological polar surface area (TPSA) is 78.9 Å². The molecule has 0 rings (SSSR count). The lowest BCUT2D eigenvalue weighted by Gasteiger charge is -2.18. The van der Waals surface area contributed by atoms with Crippen molar-refractivity contribution in [3.8, 4) is 0 Å². The highest BCUT2D eigenvalue weighted by molar-refractivity contribution is 5.71. The quantitative estimate of drug-likeness (QED) is 0.0396. The summed E-state index contributed by atoms with van der Waals surface area (Å²) < 4.78 is 16.5. The highest BCUT2D eigenvalue weighted by atomic mass is 16.6. The van der Waals surface area contributed by atoms with E-state index in [-0.39, 0.29) is 31.1 Å². The van der Waals surface area contributed by atoms with E-state index >= 15 is 0 Å². The lowest BCUT2D eigenvalue weighted by molar-refractivity contribution is -0.167. The molecular weight excluding hydrogens is 564 g/mol. The zero-order valence-electron chi connectivity index (χ0n) is 30.3. The SMILES string of the molecule is CCCCCCCCCCCCCCCC(=O)O[C@H](COC(=O)CCCCCCC)COC(=O)CCCCCCCCC(C)C. The van der Waals surface area contributed by atoms with Gasteiger partial charge in [-0.25, -0.2) is 0 Å². The summed E-state index contributed by atoms with van der Waals surface area (Å²) in [4.78, 5) is 37.2. The largest absolute Gasteiger partial charge is 0.462 e. The van der Waals surface area contributed by atoms with Gasteiger partial charge in [-0.3, -0.25) is 14.4 Å². The van der Waals surface area contributed by atoms with E-state index in [0.717, 1.165) is 70.1 Å². The van der Waals surface area contributed by atoms with Crippen LogP contribution in [0.2, 0.25) is 0 Å². The van der Waals surface area contributed by atoms with E-state index in [1.807, 2.05) is 0 Å². The van der Waals surface area contributed by atoms with Gasteiger partial charge in [0.1, 0.15) is 13.2 Å². The Labute approximate surface area is 278 Å². The summed E-state index contributed by atoms with van der Waals surface area (Å²) in [6, 6.07) is 0. The smallest absolute Gasteiger partial charge is 0.306 e. The third kappa shape index (κ3) is 33.6. The van der Waals surface area contributed by atoms with Crippen molar-refractivity contribution < 1.29 is 28.6 Å². The minimum Gasteiger partial charge on any atom is -0.462 e. The maximum Gasteiger partial charge on any atom is 0.306 e. The number of rotatable bonds is 34. The molecule has 0 amide bonds. The Morgan fingerprint density at radius 1 is 0.422 bits per heavy atom. The lowest BCUT2D eigenvalue weighted by atomic mass is 10.0. The van der Waals surface area contributed by atoms with Crippen LogP contribution in [0.15, 0.2) is 0 Å². The average Bonchev–Trinajstić information content (AvgIpc) is 3.01. The van der Waals surface area contributed by atoms with E-state index in [1.165, 1.54) is 96.3 Å². The van der Waals surface area contributed by atoms with Crippen LogP contribution in [0.5, 0.6) is 0 Å². The van der Waals surface area contributed by atoms with Crippen LogP contribution >= 0.6 is 0 Å². The van der Waals surface area contributed by atoms with Crippen molar-refractivity contribution in [2.45, 2.75) is 214 Å². The van der Waals surface area contributed by atoms with Gasteiger partial charge in [-0.05, 0) is 25.2 Å². The van der Waals surface area contributed by atoms with Crippen LogP contribution in [0.4, 0.5) is 0 Å². The van der Waals surface area contributed by atoms with Gasteiger partial charge in [0, 0.05) is 19.3 Å². The van der Waals surface area contributed by atoms with E-state index in [1.54, 1.807) is 0 Å². The van der Waals surface area contributed by atoms with Gasteiger partial charge < -0.3 is 14.2 Å². The molecule has 6 heteroatoms. The first kappa shape index (κ1) is 43.4. The molecule has 0 saturated carbocycles. The lowest BCUT2D eigenvalue weighted by Crippen LogP contribution is -2.30. The van der Waals surface area contributed by atoms with Crippen molar-refractivity contribution in [3.05, 3.63) is 0 Å². The molecule has 45 heavy (non-hydrogen) atoms.